The van der Waals surface area contributed by atoms with E-state index in [0.29, 0.717) is 31.0 Å². The van der Waals surface area contributed by atoms with Gasteiger partial charge in [-0.3, -0.25) is 4.79 Å². The van der Waals surface area contributed by atoms with Crippen molar-refractivity contribution in [3.05, 3.63) is 60.3 Å². The van der Waals surface area contributed by atoms with Gasteiger partial charge in [-0.1, -0.05) is 18.2 Å². The van der Waals surface area contributed by atoms with Gasteiger partial charge in [-0.2, -0.15) is 5.10 Å². The predicted molar refractivity (Wildman–Crippen MR) is 93.5 cm³/mol. The molecule has 1 aliphatic heterocycles. The van der Waals surface area contributed by atoms with Crippen LogP contribution in [0, 0.1) is 11.7 Å². The van der Waals surface area contributed by atoms with Crippen molar-refractivity contribution in [2.45, 2.75) is 12.8 Å². The fourth-order valence-corrected chi connectivity index (χ4v) is 3.32. The van der Waals surface area contributed by atoms with Crippen LogP contribution in [0.5, 0.6) is 5.75 Å². The van der Waals surface area contributed by atoms with E-state index in [4.69, 9.17) is 4.74 Å². The van der Waals surface area contributed by atoms with Gasteiger partial charge in [0.05, 0.1) is 6.61 Å². The van der Waals surface area contributed by atoms with E-state index in [1.807, 2.05) is 11.0 Å². The highest BCUT2D eigenvalue weighted by atomic mass is 19.1. The summed E-state index contributed by atoms with van der Waals surface area (Å²) in [4.78, 5) is 18.9. The molecule has 1 amide bonds. The quantitative estimate of drug-likeness (QED) is 0.723. The Labute approximate surface area is 150 Å². The Morgan fingerprint density at radius 1 is 1.23 bits per heavy atom. The average Bonchev–Trinajstić information content (AvgIpc) is 3.16. The molecule has 3 aromatic rings. The number of aromatic nitrogens is 3. The van der Waals surface area contributed by atoms with Crippen molar-refractivity contribution in [3.63, 3.8) is 0 Å². The second-order valence-electron chi connectivity index (χ2n) is 6.44. The minimum Gasteiger partial charge on any atom is -0.490 e. The monoisotopic (exact) mass is 354 g/mol. The molecule has 6 nitrogen and oxygen atoms in total. The number of benzene rings is 1. The molecule has 134 valence electrons. The summed E-state index contributed by atoms with van der Waals surface area (Å²) in [6.45, 7) is 1.66. The molecule has 0 radical (unpaired) electrons. The highest BCUT2D eigenvalue weighted by Gasteiger charge is 2.26. The van der Waals surface area contributed by atoms with Crippen molar-refractivity contribution in [3.8, 4) is 5.75 Å². The predicted octanol–water partition coefficient (Wildman–Crippen LogP) is 2.80. The van der Waals surface area contributed by atoms with Crippen LogP contribution in [0.1, 0.15) is 23.3 Å². The van der Waals surface area contributed by atoms with Crippen LogP contribution in [0.15, 0.2) is 48.8 Å². The lowest BCUT2D eigenvalue weighted by Crippen LogP contribution is -2.42. The average molecular weight is 354 g/mol. The Morgan fingerprint density at radius 3 is 3.00 bits per heavy atom. The number of carbonyl (C=O) groups is 1. The topological polar surface area (TPSA) is 59.7 Å². The van der Waals surface area contributed by atoms with E-state index >= 15 is 0 Å². The number of pyridine rings is 1. The fourth-order valence-electron chi connectivity index (χ4n) is 3.32. The molecule has 3 heterocycles. The van der Waals surface area contributed by atoms with Crippen LogP contribution in [0.2, 0.25) is 0 Å². The molecule has 0 N–H and O–H groups in total. The third-order valence-corrected chi connectivity index (χ3v) is 4.64. The zero-order valence-electron chi connectivity index (χ0n) is 14.2. The van der Waals surface area contributed by atoms with E-state index in [2.05, 4.69) is 10.1 Å². The first-order valence-electron chi connectivity index (χ1n) is 8.68. The number of fused-ring (bicyclic) bond motifs is 1. The minimum atomic E-state index is -0.367. The molecule has 0 bridgehead atoms. The number of ether oxygens (including phenoxy) is 1. The lowest BCUT2D eigenvalue weighted by atomic mass is 9.98. The van der Waals surface area contributed by atoms with Crippen LogP contribution in [0.3, 0.4) is 0 Å². The molecule has 7 heteroatoms. The van der Waals surface area contributed by atoms with E-state index in [0.717, 1.165) is 12.8 Å². The van der Waals surface area contributed by atoms with Crippen LogP contribution in [0.25, 0.3) is 5.65 Å². The number of hydrogen-bond donors (Lipinski definition) is 0. The van der Waals surface area contributed by atoms with Gasteiger partial charge >= 0.3 is 0 Å². The Hall–Kier alpha value is -2.96. The van der Waals surface area contributed by atoms with Gasteiger partial charge in [0.1, 0.15) is 12.0 Å². The maximum Gasteiger partial charge on any atom is 0.272 e. The molecule has 1 atom stereocenters. The maximum absolute atomic E-state index is 13.7. The van der Waals surface area contributed by atoms with Gasteiger partial charge < -0.3 is 9.64 Å². The van der Waals surface area contributed by atoms with Crippen molar-refractivity contribution in [2.24, 2.45) is 5.92 Å². The van der Waals surface area contributed by atoms with Gasteiger partial charge in [0.25, 0.3) is 5.91 Å². The van der Waals surface area contributed by atoms with Gasteiger partial charge in [-0.25, -0.2) is 13.9 Å². The molecule has 0 spiro atoms. The highest BCUT2D eigenvalue weighted by Crippen LogP contribution is 2.22. The third kappa shape index (κ3) is 3.24. The first-order valence-corrected chi connectivity index (χ1v) is 8.68. The number of para-hydroxylation sites is 1. The maximum atomic E-state index is 13.7. The smallest absolute Gasteiger partial charge is 0.272 e. The molecule has 26 heavy (non-hydrogen) atoms. The third-order valence-electron chi connectivity index (χ3n) is 4.64. The summed E-state index contributed by atoms with van der Waals surface area (Å²) in [5, 5.41) is 4.13. The van der Waals surface area contributed by atoms with Crippen LogP contribution in [0.4, 0.5) is 4.39 Å². The number of likely N-dealkylation sites (tertiary alicyclic amines) is 1. The molecular formula is C19H19FN4O2. The second kappa shape index (κ2) is 7.11. The molecule has 2 aromatic heterocycles. The number of piperidine rings is 1. The van der Waals surface area contributed by atoms with Crippen LogP contribution in [-0.2, 0) is 0 Å². The van der Waals surface area contributed by atoms with Gasteiger partial charge in [-0.05, 0) is 37.1 Å². The van der Waals surface area contributed by atoms with E-state index in [1.165, 1.54) is 12.4 Å². The van der Waals surface area contributed by atoms with E-state index in [9.17, 15) is 9.18 Å². The van der Waals surface area contributed by atoms with E-state index in [-0.39, 0.29) is 23.4 Å². The van der Waals surface area contributed by atoms with Crippen molar-refractivity contribution in [2.75, 3.05) is 19.7 Å². The summed E-state index contributed by atoms with van der Waals surface area (Å²) in [7, 11) is 0. The van der Waals surface area contributed by atoms with Gasteiger partial charge in [0.2, 0.25) is 0 Å². The summed E-state index contributed by atoms with van der Waals surface area (Å²) in [6.07, 6.45) is 3.28. The highest BCUT2D eigenvalue weighted by molar-refractivity contribution is 5.93. The number of carbonyl (C=O) groups excluding carboxylic acids is 1. The zero-order valence-corrected chi connectivity index (χ0v) is 14.2. The molecular weight excluding hydrogens is 335 g/mol. The number of rotatable bonds is 4. The number of amides is 1. The minimum absolute atomic E-state index is 0.0725. The van der Waals surface area contributed by atoms with Gasteiger partial charge in [-0.15, -0.1) is 0 Å². The summed E-state index contributed by atoms with van der Waals surface area (Å²) >= 11 is 0. The zero-order chi connectivity index (χ0) is 17.9. The largest absolute Gasteiger partial charge is 0.490 e. The number of nitrogens with zero attached hydrogens (tertiary/aromatic N) is 4. The first-order chi connectivity index (χ1) is 12.7. The molecule has 1 saturated heterocycles. The second-order valence-corrected chi connectivity index (χ2v) is 6.44. The lowest BCUT2D eigenvalue weighted by Gasteiger charge is -2.32. The molecule has 1 unspecified atom stereocenters. The van der Waals surface area contributed by atoms with Crippen LogP contribution < -0.4 is 4.74 Å². The number of hydrogen-bond acceptors (Lipinski definition) is 4. The molecule has 1 aliphatic rings. The van der Waals surface area contributed by atoms with E-state index < -0.39 is 0 Å². The number of halogens is 1. The summed E-state index contributed by atoms with van der Waals surface area (Å²) in [5.74, 6) is -0.0172. The molecule has 1 aromatic carbocycles. The van der Waals surface area contributed by atoms with Crippen LogP contribution in [-0.4, -0.2) is 45.1 Å². The lowest BCUT2D eigenvalue weighted by molar-refractivity contribution is 0.0622. The summed E-state index contributed by atoms with van der Waals surface area (Å²) < 4.78 is 20.9. The van der Waals surface area contributed by atoms with Crippen molar-refractivity contribution < 1.29 is 13.9 Å². The summed E-state index contributed by atoms with van der Waals surface area (Å²) in [5.41, 5.74) is 1.14. The fraction of sp³-hybridized carbons (Fsp3) is 0.316. The molecule has 0 saturated carbocycles. The Kier molecular flexibility index (Phi) is 4.51. The van der Waals surface area contributed by atoms with Crippen molar-refractivity contribution >= 4 is 11.6 Å². The molecule has 1 fully saturated rings. The van der Waals surface area contributed by atoms with Gasteiger partial charge in [0.15, 0.2) is 17.2 Å². The molecule has 0 aliphatic carbocycles. The SMILES string of the molecule is O=C(c1cccc2ncnn12)N1CCCC(COc2ccccc2F)C1. The normalized spacial score (nSPS) is 17.4. The molecule has 4 rings (SSSR count). The summed E-state index contributed by atoms with van der Waals surface area (Å²) in [6, 6.07) is 11.7. The van der Waals surface area contributed by atoms with E-state index in [1.54, 1.807) is 34.8 Å². The Balaban J connectivity index is 1.44. The van der Waals surface area contributed by atoms with Gasteiger partial charge in [0, 0.05) is 19.0 Å². The first kappa shape index (κ1) is 16.5. The Morgan fingerprint density at radius 2 is 2.12 bits per heavy atom. The van der Waals surface area contributed by atoms with Crippen LogP contribution >= 0.6 is 0 Å². The van der Waals surface area contributed by atoms with Crippen molar-refractivity contribution in [1.29, 1.82) is 0 Å². The van der Waals surface area contributed by atoms with Crippen molar-refractivity contribution in [1.82, 2.24) is 19.5 Å². The Bertz CT molecular complexity index is 927. The standard InChI is InChI=1S/C19H19FN4O2/c20-15-6-1-2-8-17(15)26-12-14-5-4-10-23(11-14)19(25)16-7-3-9-18-21-13-22-24(16)18/h1-3,6-9,13-14H,4-5,10-12H2.